The van der Waals surface area contributed by atoms with Crippen molar-refractivity contribution in [2.24, 2.45) is 0 Å². The Labute approximate surface area is 89.1 Å². The van der Waals surface area contributed by atoms with Gasteiger partial charge in [0.2, 0.25) is 0 Å². The van der Waals surface area contributed by atoms with Crippen LogP contribution in [0, 0.1) is 11.3 Å². The molecule has 0 aliphatic carbocycles. The number of nitriles is 1. The third kappa shape index (κ3) is 2.02. The van der Waals surface area contributed by atoms with Crippen LogP contribution in [0.2, 0.25) is 0 Å². The Balaban J connectivity index is 2.34. The summed E-state index contributed by atoms with van der Waals surface area (Å²) in [5, 5.41) is 9.79. The first-order valence-electron chi connectivity index (χ1n) is 5.26. The van der Waals surface area contributed by atoms with Gasteiger partial charge >= 0.3 is 0 Å². The topological polar surface area (TPSA) is 36.9 Å². The van der Waals surface area contributed by atoms with E-state index in [4.69, 9.17) is 9.68 Å². The molecule has 1 aromatic carbocycles. The number of unbranched alkanes of at least 4 members (excludes halogenated alkanes) is 1. The molecule has 1 heterocycles. The molecule has 0 radical (unpaired) electrons. The van der Waals surface area contributed by atoms with E-state index in [1.807, 2.05) is 18.2 Å². The van der Waals surface area contributed by atoms with Crippen LogP contribution in [-0.2, 0) is 6.42 Å². The van der Waals surface area contributed by atoms with Gasteiger partial charge in [-0.05, 0) is 30.7 Å². The van der Waals surface area contributed by atoms with E-state index in [9.17, 15) is 0 Å². The Hall–Kier alpha value is -1.75. The molecule has 0 spiro atoms. The molecule has 76 valence electrons. The van der Waals surface area contributed by atoms with Crippen molar-refractivity contribution < 1.29 is 4.42 Å². The number of hydrogen-bond acceptors (Lipinski definition) is 2. The van der Waals surface area contributed by atoms with E-state index in [-0.39, 0.29) is 0 Å². The predicted octanol–water partition coefficient (Wildman–Crippen LogP) is 3.65. The normalized spacial score (nSPS) is 10.4. The standard InChI is InChI=1S/C13H13NO/c1-2-3-4-12-8-11-7-10(9-14)5-6-13(11)15-12/h5-8H,2-4H2,1H3. The largest absolute Gasteiger partial charge is 0.461 e. The fourth-order valence-electron chi connectivity index (χ4n) is 1.64. The van der Waals surface area contributed by atoms with Crippen LogP contribution in [0.3, 0.4) is 0 Å². The van der Waals surface area contributed by atoms with Gasteiger partial charge in [-0.15, -0.1) is 0 Å². The first kappa shape index (κ1) is 9.79. The summed E-state index contributed by atoms with van der Waals surface area (Å²) in [6.07, 6.45) is 3.29. The molecule has 0 atom stereocenters. The molecule has 0 amide bonds. The van der Waals surface area contributed by atoms with Gasteiger partial charge < -0.3 is 4.42 Å². The summed E-state index contributed by atoms with van der Waals surface area (Å²) in [7, 11) is 0. The Kier molecular flexibility index (Phi) is 2.73. The molecule has 0 aliphatic rings. The smallest absolute Gasteiger partial charge is 0.134 e. The molecule has 0 fully saturated rings. The third-order valence-electron chi connectivity index (χ3n) is 2.47. The van der Waals surface area contributed by atoms with E-state index in [1.54, 1.807) is 6.07 Å². The summed E-state index contributed by atoms with van der Waals surface area (Å²) in [4.78, 5) is 0. The van der Waals surface area contributed by atoms with Crippen molar-refractivity contribution in [3.63, 3.8) is 0 Å². The Bertz CT molecular complexity index is 505. The van der Waals surface area contributed by atoms with E-state index in [2.05, 4.69) is 13.0 Å². The summed E-state index contributed by atoms with van der Waals surface area (Å²) >= 11 is 0. The van der Waals surface area contributed by atoms with Crippen LogP contribution in [-0.4, -0.2) is 0 Å². The second kappa shape index (κ2) is 4.18. The lowest BCUT2D eigenvalue weighted by Crippen LogP contribution is -1.78. The first-order chi connectivity index (χ1) is 7.33. The maximum absolute atomic E-state index is 8.76. The first-order valence-corrected chi connectivity index (χ1v) is 5.26. The average molecular weight is 199 g/mol. The summed E-state index contributed by atoms with van der Waals surface area (Å²) in [6.45, 7) is 2.16. The van der Waals surface area contributed by atoms with Crippen LogP contribution in [0.5, 0.6) is 0 Å². The van der Waals surface area contributed by atoms with E-state index in [0.717, 1.165) is 29.6 Å². The van der Waals surface area contributed by atoms with Crippen molar-refractivity contribution in [2.45, 2.75) is 26.2 Å². The lowest BCUT2D eigenvalue weighted by molar-refractivity contribution is 0.536. The molecular weight excluding hydrogens is 186 g/mol. The van der Waals surface area contributed by atoms with E-state index < -0.39 is 0 Å². The number of fused-ring (bicyclic) bond motifs is 1. The van der Waals surface area contributed by atoms with E-state index >= 15 is 0 Å². The average Bonchev–Trinajstić information content (AvgIpc) is 2.67. The number of furan rings is 1. The van der Waals surface area contributed by atoms with Crippen molar-refractivity contribution in [3.8, 4) is 6.07 Å². The van der Waals surface area contributed by atoms with Gasteiger partial charge in [0.25, 0.3) is 0 Å². The van der Waals surface area contributed by atoms with Gasteiger partial charge in [0.1, 0.15) is 11.3 Å². The Morgan fingerprint density at radius 3 is 2.93 bits per heavy atom. The quantitative estimate of drug-likeness (QED) is 0.756. The van der Waals surface area contributed by atoms with E-state index in [0.29, 0.717) is 5.56 Å². The van der Waals surface area contributed by atoms with Crippen LogP contribution in [0.4, 0.5) is 0 Å². The highest BCUT2D eigenvalue weighted by Gasteiger charge is 2.03. The van der Waals surface area contributed by atoms with Crippen molar-refractivity contribution in [2.75, 3.05) is 0 Å². The van der Waals surface area contributed by atoms with Crippen molar-refractivity contribution in [3.05, 3.63) is 35.6 Å². The molecule has 0 bridgehead atoms. The monoisotopic (exact) mass is 199 g/mol. The zero-order valence-corrected chi connectivity index (χ0v) is 8.79. The Morgan fingerprint density at radius 1 is 1.33 bits per heavy atom. The minimum Gasteiger partial charge on any atom is -0.461 e. The molecule has 0 aliphatic heterocycles. The minimum atomic E-state index is 0.686. The van der Waals surface area contributed by atoms with Gasteiger partial charge in [-0.1, -0.05) is 13.3 Å². The molecule has 2 nitrogen and oxygen atoms in total. The fourth-order valence-corrected chi connectivity index (χ4v) is 1.64. The second-order valence-corrected chi connectivity index (χ2v) is 3.68. The number of nitrogens with zero attached hydrogens (tertiary/aromatic N) is 1. The predicted molar refractivity (Wildman–Crippen MR) is 59.5 cm³/mol. The highest BCUT2D eigenvalue weighted by Crippen LogP contribution is 2.21. The van der Waals surface area contributed by atoms with Crippen LogP contribution < -0.4 is 0 Å². The van der Waals surface area contributed by atoms with Gasteiger partial charge in [0.05, 0.1) is 11.6 Å². The van der Waals surface area contributed by atoms with E-state index in [1.165, 1.54) is 6.42 Å². The molecule has 0 N–H and O–H groups in total. The summed E-state index contributed by atoms with van der Waals surface area (Å²) in [5.74, 6) is 1.02. The SMILES string of the molecule is CCCCc1cc2cc(C#N)ccc2o1. The van der Waals surface area contributed by atoms with Gasteiger partial charge in [-0.2, -0.15) is 5.26 Å². The molecule has 0 unspecified atom stereocenters. The molecule has 2 heteroatoms. The van der Waals surface area contributed by atoms with Gasteiger partial charge in [0, 0.05) is 11.8 Å². The molecule has 15 heavy (non-hydrogen) atoms. The highest BCUT2D eigenvalue weighted by molar-refractivity contribution is 5.79. The van der Waals surface area contributed by atoms with Crippen LogP contribution in [0.1, 0.15) is 31.1 Å². The molecule has 2 aromatic rings. The van der Waals surface area contributed by atoms with Crippen LogP contribution in [0.15, 0.2) is 28.7 Å². The van der Waals surface area contributed by atoms with Crippen molar-refractivity contribution in [1.82, 2.24) is 0 Å². The maximum Gasteiger partial charge on any atom is 0.134 e. The number of rotatable bonds is 3. The van der Waals surface area contributed by atoms with Crippen molar-refractivity contribution in [1.29, 1.82) is 5.26 Å². The Morgan fingerprint density at radius 2 is 2.20 bits per heavy atom. The second-order valence-electron chi connectivity index (χ2n) is 3.68. The minimum absolute atomic E-state index is 0.686. The summed E-state index contributed by atoms with van der Waals surface area (Å²) in [6, 6.07) is 9.68. The molecule has 1 aromatic heterocycles. The molecule has 0 saturated carbocycles. The van der Waals surface area contributed by atoms with Gasteiger partial charge in [-0.3, -0.25) is 0 Å². The highest BCUT2D eigenvalue weighted by atomic mass is 16.3. The van der Waals surface area contributed by atoms with Crippen molar-refractivity contribution >= 4 is 11.0 Å². The molecular formula is C13H13NO. The van der Waals surface area contributed by atoms with Crippen LogP contribution in [0.25, 0.3) is 11.0 Å². The van der Waals surface area contributed by atoms with Gasteiger partial charge in [-0.25, -0.2) is 0 Å². The zero-order chi connectivity index (χ0) is 10.7. The number of aryl methyl sites for hydroxylation is 1. The maximum atomic E-state index is 8.76. The molecule has 2 rings (SSSR count). The zero-order valence-electron chi connectivity index (χ0n) is 8.79. The fraction of sp³-hybridized carbons (Fsp3) is 0.308. The summed E-state index contributed by atoms with van der Waals surface area (Å²) < 4.78 is 5.66. The van der Waals surface area contributed by atoms with Crippen LogP contribution >= 0.6 is 0 Å². The lowest BCUT2D eigenvalue weighted by Gasteiger charge is -1.91. The lowest BCUT2D eigenvalue weighted by atomic mass is 10.1. The molecule has 0 saturated heterocycles. The summed E-state index contributed by atoms with van der Waals surface area (Å²) in [5.41, 5.74) is 1.56. The number of benzene rings is 1. The number of hydrogen-bond donors (Lipinski definition) is 0. The van der Waals surface area contributed by atoms with Gasteiger partial charge in [0.15, 0.2) is 0 Å². The third-order valence-corrected chi connectivity index (χ3v) is 2.47.